The first-order valence-electron chi connectivity index (χ1n) is 13.1. The van der Waals surface area contributed by atoms with Crippen molar-refractivity contribution in [2.45, 2.75) is 52.6 Å². The highest BCUT2D eigenvalue weighted by molar-refractivity contribution is 5.87. The second-order valence-electron chi connectivity index (χ2n) is 9.68. The molecule has 208 valence electrons. The number of aryl methyl sites for hydroxylation is 1. The molecule has 0 atom stereocenters. The van der Waals surface area contributed by atoms with E-state index in [-0.39, 0.29) is 30.7 Å². The highest BCUT2D eigenvalue weighted by Gasteiger charge is 2.27. The predicted octanol–water partition coefficient (Wildman–Crippen LogP) is 4.48. The Balaban J connectivity index is 1.51. The number of carbonyl (C=O) groups excluding carboxylic acids is 2. The second-order valence-corrected chi connectivity index (χ2v) is 9.68. The predicted molar refractivity (Wildman–Crippen MR) is 143 cm³/mol. The van der Waals surface area contributed by atoms with Crippen LogP contribution < -0.4 is 10.2 Å². The first-order valence-corrected chi connectivity index (χ1v) is 13.1. The third-order valence-corrected chi connectivity index (χ3v) is 6.80. The number of fused-ring (bicyclic) bond motifs is 1. The summed E-state index contributed by atoms with van der Waals surface area (Å²) >= 11 is 0. The van der Waals surface area contributed by atoms with Crippen LogP contribution in [0.1, 0.15) is 55.2 Å². The number of likely N-dealkylation sites (N-methyl/N-ethyl adjacent to an activating group) is 1. The van der Waals surface area contributed by atoms with Gasteiger partial charge < -0.3 is 14.7 Å². The van der Waals surface area contributed by atoms with Gasteiger partial charge in [-0.25, -0.2) is 5.01 Å². The molecule has 1 aromatic heterocycles. The van der Waals surface area contributed by atoms with Crippen molar-refractivity contribution in [2.24, 2.45) is 0 Å². The standard InChI is InChI=1S/C28H34F2N6O3/c1-4-5-8-13-31-24(37)17-35(18-25(38)34(3)36-15-21-9-6-7-10-22(21)16-36)23-12-11-20(14-19(23)2)27-32-28(26(29)30)39-33-27/h6-7,9-12,14,26H,4-5,8,13,15-18H2,1-3H3,(H,31,37). The maximum Gasteiger partial charge on any atom is 0.315 e. The van der Waals surface area contributed by atoms with E-state index in [1.807, 2.05) is 24.1 Å². The molecule has 0 saturated carbocycles. The number of unbranched alkanes of at least 4 members (excludes halogenated alkanes) is 2. The number of carbonyl (C=O) groups is 2. The number of anilines is 1. The monoisotopic (exact) mass is 540 g/mol. The van der Waals surface area contributed by atoms with Crippen LogP contribution >= 0.6 is 0 Å². The van der Waals surface area contributed by atoms with Crippen LogP contribution in [-0.4, -0.2) is 58.7 Å². The Bertz CT molecular complexity index is 1270. The van der Waals surface area contributed by atoms with Crippen molar-refractivity contribution in [1.29, 1.82) is 0 Å². The lowest BCUT2D eigenvalue weighted by Crippen LogP contribution is -2.48. The molecule has 1 aliphatic heterocycles. The molecule has 0 aliphatic carbocycles. The molecule has 1 aliphatic rings. The molecule has 0 unspecified atom stereocenters. The number of hydrazine groups is 1. The van der Waals surface area contributed by atoms with Gasteiger partial charge in [0.15, 0.2) is 0 Å². The minimum Gasteiger partial charge on any atom is -0.355 e. The van der Waals surface area contributed by atoms with Crippen molar-refractivity contribution >= 4 is 17.5 Å². The van der Waals surface area contributed by atoms with Crippen molar-refractivity contribution in [1.82, 2.24) is 25.5 Å². The van der Waals surface area contributed by atoms with Crippen LogP contribution in [0.15, 0.2) is 47.0 Å². The number of rotatable bonds is 12. The SMILES string of the molecule is CCCCCNC(=O)CN(CC(=O)N(C)N1Cc2ccccc2C1)c1ccc(-c2noc(C(F)F)n2)cc1C. The zero-order valence-corrected chi connectivity index (χ0v) is 22.5. The molecule has 3 aromatic rings. The summed E-state index contributed by atoms with van der Waals surface area (Å²) in [5.74, 6) is -1.04. The summed E-state index contributed by atoms with van der Waals surface area (Å²) in [4.78, 5) is 31.7. The minimum absolute atomic E-state index is 0.0101. The molecule has 1 N–H and O–H groups in total. The van der Waals surface area contributed by atoms with Crippen LogP contribution in [0.3, 0.4) is 0 Å². The Morgan fingerprint density at radius 3 is 2.44 bits per heavy atom. The van der Waals surface area contributed by atoms with Crippen LogP contribution in [-0.2, 0) is 22.7 Å². The third kappa shape index (κ3) is 6.97. The first-order chi connectivity index (χ1) is 18.8. The Morgan fingerprint density at radius 2 is 1.82 bits per heavy atom. The lowest BCUT2D eigenvalue weighted by molar-refractivity contribution is -0.145. The van der Waals surface area contributed by atoms with Gasteiger partial charge in [0.1, 0.15) is 0 Å². The van der Waals surface area contributed by atoms with Gasteiger partial charge in [-0.2, -0.15) is 13.8 Å². The van der Waals surface area contributed by atoms with Gasteiger partial charge in [0, 0.05) is 37.9 Å². The van der Waals surface area contributed by atoms with Gasteiger partial charge in [-0.1, -0.05) is 49.2 Å². The zero-order valence-electron chi connectivity index (χ0n) is 22.5. The number of hydrogen-bond donors (Lipinski definition) is 1. The number of benzene rings is 2. The molecule has 4 rings (SSSR count). The van der Waals surface area contributed by atoms with Crippen LogP contribution in [0.5, 0.6) is 0 Å². The van der Waals surface area contributed by atoms with Crippen molar-refractivity contribution < 1.29 is 22.9 Å². The van der Waals surface area contributed by atoms with Gasteiger partial charge >= 0.3 is 6.43 Å². The van der Waals surface area contributed by atoms with Gasteiger partial charge in [0.2, 0.25) is 11.7 Å². The zero-order chi connectivity index (χ0) is 27.9. The molecule has 9 nitrogen and oxygen atoms in total. The highest BCUT2D eigenvalue weighted by Crippen LogP contribution is 2.28. The van der Waals surface area contributed by atoms with Gasteiger partial charge in [0.25, 0.3) is 11.8 Å². The van der Waals surface area contributed by atoms with Gasteiger partial charge in [-0.3, -0.25) is 14.6 Å². The topological polar surface area (TPSA) is 94.8 Å². The van der Waals surface area contributed by atoms with Gasteiger partial charge in [-0.15, -0.1) is 0 Å². The molecule has 39 heavy (non-hydrogen) atoms. The van der Waals surface area contributed by atoms with Crippen molar-refractivity contribution in [2.75, 3.05) is 31.6 Å². The fourth-order valence-corrected chi connectivity index (χ4v) is 4.60. The lowest BCUT2D eigenvalue weighted by Gasteiger charge is -2.32. The largest absolute Gasteiger partial charge is 0.355 e. The van der Waals surface area contributed by atoms with Crippen LogP contribution in [0.4, 0.5) is 14.5 Å². The highest BCUT2D eigenvalue weighted by atomic mass is 19.3. The Kier molecular flexibility index (Phi) is 9.23. The second kappa shape index (κ2) is 12.8. The van der Waals surface area contributed by atoms with E-state index in [1.165, 1.54) is 11.1 Å². The number of nitrogens with one attached hydrogen (secondary N) is 1. The third-order valence-electron chi connectivity index (χ3n) is 6.80. The van der Waals surface area contributed by atoms with Crippen molar-refractivity contribution in [3.63, 3.8) is 0 Å². The van der Waals surface area contributed by atoms with E-state index in [1.54, 1.807) is 35.2 Å². The summed E-state index contributed by atoms with van der Waals surface area (Å²) in [7, 11) is 1.74. The molecule has 2 amide bonds. The Labute approximate surface area is 226 Å². The van der Waals surface area contributed by atoms with E-state index in [2.05, 4.69) is 39.0 Å². The minimum atomic E-state index is -2.86. The van der Waals surface area contributed by atoms with Crippen LogP contribution in [0.25, 0.3) is 11.4 Å². The van der Waals surface area contributed by atoms with E-state index in [4.69, 9.17) is 0 Å². The fourth-order valence-electron chi connectivity index (χ4n) is 4.60. The summed E-state index contributed by atoms with van der Waals surface area (Å²) in [6.45, 7) is 5.73. The quantitative estimate of drug-likeness (QED) is 0.339. The summed E-state index contributed by atoms with van der Waals surface area (Å²) < 4.78 is 30.4. The number of aromatic nitrogens is 2. The maximum absolute atomic E-state index is 13.4. The lowest BCUT2D eigenvalue weighted by atomic mass is 10.1. The van der Waals surface area contributed by atoms with E-state index in [0.717, 1.165) is 24.8 Å². The molecule has 2 aromatic carbocycles. The average molecular weight is 541 g/mol. The van der Waals surface area contributed by atoms with Crippen molar-refractivity contribution in [3.8, 4) is 11.4 Å². The Morgan fingerprint density at radius 1 is 1.10 bits per heavy atom. The molecular weight excluding hydrogens is 506 g/mol. The fraction of sp³-hybridized carbons (Fsp3) is 0.429. The van der Waals surface area contributed by atoms with Crippen molar-refractivity contribution in [3.05, 3.63) is 65.0 Å². The molecule has 11 heteroatoms. The Hall–Kier alpha value is -3.86. The van der Waals surface area contributed by atoms with E-state index >= 15 is 0 Å². The summed E-state index contributed by atoms with van der Waals surface area (Å²) in [6, 6.07) is 13.2. The number of amides is 2. The normalized spacial score (nSPS) is 13.0. The van der Waals surface area contributed by atoms with Crippen LogP contribution in [0, 0.1) is 6.92 Å². The number of halogens is 2. The molecule has 2 heterocycles. The number of nitrogens with zero attached hydrogens (tertiary/aromatic N) is 5. The van der Waals surface area contributed by atoms with E-state index in [0.29, 0.717) is 30.9 Å². The van der Waals surface area contributed by atoms with Gasteiger partial charge in [-0.05, 0) is 48.2 Å². The van der Waals surface area contributed by atoms with Gasteiger partial charge in [0.05, 0.1) is 13.1 Å². The van der Waals surface area contributed by atoms with Crippen LogP contribution in [0.2, 0.25) is 0 Å². The molecular formula is C28H34F2N6O3. The van der Waals surface area contributed by atoms with E-state index < -0.39 is 12.3 Å². The molecule has 0 spiro atoms. The summed E-state index contributed by atoms with van der Waals surface area (Å²) in [5.41, 5.74) is 4.27. The number of hydrogen-bond acceptors (Lipinski definition) is 7. The van der Waals surface area contributed by atoms with E-state index in [9.17, 15) is 18.4 Å². The molecule has 0 saturated heterocycles. The molecule has 0 fully saturated rings. The molecule has 0 radical (unpaired) electrons. The number of alkyl halides is 2. The molecule has 0 bridgehead atoms. The summed E-state index contributed by atoms with van der Waals surface area (Å²) in [6.07, 6.45) is 0.103. The average Bonchev–Trinajstić information content (AvgIpc) is 3.58. The first kappa shape index (κ1) is 28.2. The smallest absolute Gasteiger partial charge is 0.315 e. The summed E-state index contributed by atoms with van der Waals surface area (Å²) in [5, 5.41) is 10.2. The maximum atomic E-state index is 13.4.